The quantitative estimate of drug-likeness (QED) is 0.638. The van der Waals surface area contributed by atoms with E-state index in [2.05, 4.69) is 20.9 Å². The highest BCUT2D eigenvalue weighted by molar-refractivity contribution is 7.12. The molecule has 3 amide bonds. The Morgan fingerprint density at radius 2 is 1.65 bits per heavy atom. The van der Waals surface area contributed by atoms with E-state index < -0.39 is 5.91 Å². The van der Waals surface area contributed by atoms with Crippen LogP contribution in [0.5, 0.6) is 0 Å². The van der Waals surface area contributed by atoms with Gasteiger partial charge in [0.05, 0.1) is 4.88 Å². The molecule has 0 spiro atoms. The lowest BCUT2D eigenvalue weighted by atomic mass is 10.2. The lowest BCUT2D eigenvalue weighted by Crippen LogP contribution is -2.14. The first-order valence-electron chi connectivity index (χ1n) is 7.50. The molecule has 2 heterocycles. The van der Waals surface area contributed by atoms with Crippen molar-refractivity contribution in [2.75, 3.05) is 16.0 Å². The van der Waals surface area contributed by atoms with Gasteiger partial charge in [0, 0.05) is 18.3 Å². The number of oxazole rings is 1. The maximum absolute atomic E-state index is 12.2. The van der Waals surface area contributed by atoms with E-state index in [1.807, 2.05) is 0 Å². The normalized spacial score (nSPS) is 10.2. The highest BCUT2D eigenvalue weighted by atomic mass is 32.1. The van der Waals surface area contributed by atoms with E-state index in [-0.39, 0.29) is 23.5 Å². The average Bonchev–Trinajstić information content (AvgIpc) is 3.27. The second-order valence-electron chi connectivity index (χ2n) is 5.18. The van der Waals surface area contributed by atoms with E-state index >= 15 is 0 Å². The number of amides is 3. The number of hydrogen-bond donors (Lipinski definition) is 3. The molecule has 0 radical (unpaired) electrons. The summed E-state index contributed by atoms with van der Waals surface area (Å²) in [5, 5.41) is 9.54. The minimum Gasteiger partial charge on any atom is -0.431 e. The Bertz CT molecular complexity index is 932. The number of nitrogens with one attached hydrogen (secondary N) is 3. The van der Waals surface area contributed by atoms with E-state index in [1.165, 1.54) is 18.3 Å². The third-order valence-electron chi connectivity index (χ3n) is 3.17. The second-order valence-corrected chi connectivity index (χ2v) is 6.13. The lowest BCUT2D eigenvalue weighted by Gasteiger charge is -2.05. The summed E-state index contributed by atoms with van der Waals surface area (Å²) in [6, 6.07) is 9.96. The van der Waals surface area contributed by atoms with E-state index in [9.17, 15) is 14.4 Å². The molecule has 0 saturated carbocycles. The molecule has 132 valence electrons. The van der Waals surface area contributed by atoms with Crippen molar-refractivity contribution in [1.29, 1.82) is 0 Å². The Balaban J connectivity index is 1.61. The van der Waals surface area contributed by atoms with Gasteiger partial charge in [0.1, 0.15) is 6.26 Å². The molecule has 0 bridgehead atoms. The van der Waals surface area contributed by atoms with Crippen LogP contribution in [0.25, 0.3) is 0 Å². The molecule has 8 nitrogen and oxygen atoms in total. The molecule has 0 aliphatic rings. The highest BCUT2D eigenvalue weighted by Crippen LogP contribution is 2.16. The van der Waals surface area contributed by atoms with Crippen LogP contribution in [0, 0.1) is 0 Å². The van der Waals surface area contributed by atoms with Crippen LogP contribution >= 0.6 is 11.3 Å². The molecule has 2 aromatic heterocycles. The van der Waals surface area contributed by atoms with Gasteiger partial charge in [-0.1, -0.05) is 6.07 Å². The van der Waals surface area contributed by atoms with Crippen LogP contribution in [0.3, 0.4) is 0 Å². The molecule has 1 aromatic carbocycles. The van der Waals surface area contributed by atoms with E-state index in [0.29, 0.717) is 16.3 Å². The molecular formula is C17H14N4O4S. The van der Waals surface area contributed by atoms with Gasteiger partial charge in [0.2, 0.25) is 5.91 Å². The number of aromatic nitrogens is 1. The molecule has 26 heavy (non-hydrogen) atoms. The molecule has 0 atom stereocenters. The SMILES string of the molecule is CC(=O)Nc1ccc(NC(=O)c2coc(NC(=O)c3cccs3)n2)cc1. The topological polar surface area (TPSA) is 113 Å². The van der Waals surface area contributed by atoms with Crippen molar-refractivity contribution in [3.63, 3.8) is 0 Å². The Morgan fingerprint density at radius 3 is 2.27 bits per heavy atom. The van der Waals surface area contributed by atoms with Crippen LogP contribution in [0.2, 0.25) is 0 Å². The van der Waals surface area contributed by atoms with Crippen LogP contribution < -0.4 is 16.0 Å². The van der Waals surface area contributed by atoms with Crippen molar-refractivity contribution in [2.45, 2.75) is 6.92 Å². The van der Waals surface area contributed by atoms with E-state index in [0.717, 1.165) is 6.26 Å². The van der Waals surface area contributed by atoms with Gasteiger partial charge >= 0.3 is 6.01 Å². The molecule has 0 unspecified atom stereocenters. The molecular weight excluding hydrogens is 356 g/mol. The van der Waals surface area contributed by atoms with Crippen LogP contribution in [-0.2, 0) is 4.79 Å². The average molecular weight is 370 g/mol. The summed E-state index contributed by atoms with van der Waals surface area (Å²) in [7, 11) is 0. The van der Waals surface area contributed by atoms with Gasteiger partial charge in [-0.3, -0.25) is 19.7 Å². The summed E-state index contributed by atoms with van der Waals surface area (Å²) in [6.07, 6.45) is 1.16. The van der Waals surface area contributed by atoms with Gasteiger partial charge < -0.3 is 15.1 Å². The number of carbonyl (C=O) groups excluding carboxylic acids is 3. The number of anilines is 3. The minimum absolute atomic E-state index is 0.0254. The molecule has 0 aliphatic carbocycles. The van der Waals surface area contributed by atoms with Crippen LogP contribution in [-0.4, -0.2) is 22.7 Å². The molecule has 3 N–H and O–H groups in total. The van der Waals surface area contributed by atoms with Crippen molar-refractivity contribution in [3.05, 3.63) is 58.6 Å². The molecule has 3 aromatic rings. The molecule has 3 rings (SSSR count). The number of nitrogens with zero attached hydrogens (tertiary/aromatic N) is 1. The maximum atomic E-state index is 12.2. The molecule has 0 saturated heterocycles. The maximum Gasteiger partial charge on any atom is 0.302 e. The fourth-order valence-corrected chi connectivity index (χ4v) is 2.66. The predicted molar refractivity (Wildman–Crippen MR) is 97.5 cm³/mol. The van der Waals surface area contributed by atoms with Crippen molar-refractivity contribution < 1.29 is 18.8 Å². The Kier molecular flexibility index (Phi) is 5.09. The summed E-state index contributed by atoms with van der Waals surface area (Å²) in [6.45, 7) is 1.41. The largest absolute Gasteiger partial charge is 0.431 e. The summed E-state index contributed by atoms with van der Waals surface area (Å²) >= 11 is 1.28. The zero-order valence-corrected chi connectivity index (χ0v) is 14.4. The monoisotopic (exact) mass is 370 g/mol. The Hall–Kier alpha value is -3.46. The summed E-state index contributed by atoms with van der Waals surface area (Å²) in [4.78, 5) is 39.6. The van der Waals surface area contributed by atoms with Crippen LogP contribution in [0.15, 0.2) is 52.5 Å². The minimum atomic E-state index is -0.488. The predicted octanol–water partition coefficient (Wildman–Crippen LogP) is 3.20. The molecule has 0 aliphatic heterocycles. The fourth-order valence-electron chi connectivity index (χ4n) is 2.04. The Morgan fingerprint density at radius 1 is 0.962 bits per heavy atom. The highest BCUT2D eigenvalue weighted by Gasteiger charge is 2.15. The van der Waals surface area contributed by atoms with Crippen molar-refractivity contribution in [1.82, 2.24) is 4.98 Å². The summed E-state index contributed by atoms with van der Waals surface area (Å²) in [5.41, 5.74) is 1.17. The first-order valence-corrected chi connectivity index (χ1v) is 8.38. The molecule has 9 heteroatoms. The van der Waals surface area contributed by atoms with Gasteiger partial charge in [-0.15, -0.1) is 11.3 Å². The number of rotatable bonds is 5. The second kappa shape index (κ2) is 7.62. The van der Waals surface area contributed by atoms with Gasteiger partial charge in [0.15, 0.2) is 5.69 Å². The zero-order chi connectivity index (χ0) is 18.5. The first-order chi connectivity index (χ1) is 12.5. The smallest absolute Gasteiger partial charge is 0.302 e. The standard InChI is InChI=1S/C17H14N4O4S/c1-10(22)18-11-4-6-12(7-5-11)19-15(23)13-9-25-17(20-13)21-16(24)14-3-2-8-26-14/h2-9H,1H3,(H,18,22)(H,19,23)(H,20,21,24). The van der Waals surface area contributed by atoms with Gasteiger partial charge in [-0.25, -0.2) is 0 Å². The van der Waals surface area contributed by atoms with E-state index in [1.54, 1.807) is 41.8 Å². The third-order valence-corrected chi connectivity index (χ3v) is 4.03. The van der Waals surface area contributed by atoms with Crippen molar-refractivity contribution in [2.24, 2.45) is 0 Å². The lowest BCUT2D eigenvalue weighted by molar-refractivity contribution is -0.114. The fraction of sp³-hybridized carbons (Fsp3) is 0.0588. The van der Waals surface area contributed by atoms with Gasteiger partial charge in [-0.2, -0.15) is 4.98 Å². The number of hydrogen-bond acceptors (Lipinski definition) is 6. The van der Waals surface area contributed by atoms with E-state index in [4.69, 9.17) is 4.42 Å². The first kappa shape index (κ1) is 17.4. The number of thiophene rings is 1. The summed E-state index contributed by atoms with van der Waals surface area (Å²) in [5.74, 6) is -1.03. The van der Waals surface area contributed by atoms with Crippen molar-refractivity contribution in [3.8, 4) is 0 Å². The van der Waals surface area contributed by atoms with Gasteiger partial charge in [-0.05, 0) is 35.7 Å². The third kappa shape index (κ3) is 4.33. The van der Waals surface area contributed by atoms with Crippen LogP contribution in [0.1, 0.15) is 27.1 Å². The number of carbonyl (C=O) groups is 3. The van der Waals surface area contributed by atoms with Gasteiger partial charge in [0.25, 0.3) is 11.8 Å². The zero-order valence-electron chi connectivity index (χ0n) is 13.6. The summed E-state index contributed by atoms with van der Waals surface area (Å²) < 4.78 is 5.11. The van der Waals surface area contributed by atoms with Crippen molar-refractivity contribution >= 4 is 46.4 Å². The molecule has 0 fully saturated rings. The Labute approximate surface area is 152 Å². The van der Waals surface area contributed by atoms with Crippen LogP contribution in [0.4, 0.5) is 17.4 Å². The number of benzene rings is 1.